The maximum atomic E-state index is 13.1. The van der Waals surface area contributed by atoms with Gasteiger partial charge in [-0.2, -0.15) is 0 Å². The first-order valence-electron chi connectivity index (χ1n) is 23.1. The first-order valence-corrected chi connectivity index (χ1v) is 26.1. The number of aromatic nitrogens is 2. The zero-order valence-corrected chi connectivity index (χ0v) is 40.2. The van der Waals surface area contributed by atoms with Crippen molar-refractivity contribution in [3.63, 3.8) is 0 Å². The first kappa shape index (κ1) is 48.1. The van der Waals surface area contributed by atoms with Gasteiger partial charge >= 0.3 is 0 Å². The average molecular weight is 955 g/mol. The summed E-state index contributed by atoms with van der Waals surface area (Å²) in [5.41, 5.74) is 5.93. The normalized spacial score (nSPS) is 18.3. The number of hydrogen-bond acceptors (Lipinski definition) is 13. The van der Waals surface area contributed by atoms with Gasteiger partial charge in [0, 0.05) is 123 Å². The molecule has 0 bridgehead atoms. The third-order valence-corrected chi connectivity index (χ3v) is 15.1. The topological polar surface area (TPSA) is 176 Å². The molecule has 16 nitrogen and oxygen atoms in total. The summed E-state index contributed by atoms with van der Waals surface area (Å²) in [6, 6.07) is 19.4. The highest BCUT2D eigenvalue weighted by atomic mass is 35.5. The monoisotopic (exact) mass is 954 g/mol. The van der Waals surface area contributed by atoms with Crippen LogP contribution in [0.2, 0.25) is 5.02 Å². The summed E-state index contributed by atoms with van der Waals surface area (Å²) < 4.78 is 30.3. The number of fused-ring (bicyclic) bond motifs is 1. The van der Waals surface area contributed by atoms with Crippen molar-refractivity contribution in [2.75, 3.05) is 103 Å². The van der Waals surface area contributed by atoms with Gasteiger partial charge in [0.15, 0.2) is 0 Å². The van der Waals surface area contributed by atoms with Crippen molar-refractivity contribution in [2.24, 2.45) is 0 Å². The van der Waals surface area contributed by atoms with E-state index in [0.29, 0.717) is 93.4 Å². The first-order chi connectivity index (χ1) is 32.4. The zero-order chi connectivity index (χ0) is 47.1. The van der Waals surface area contributed by atoms with Crippen LogP contribution in [-0.2, 0) is 47.8 Å². The minimum absolute atomic E-state index is 0.0118. The fourth-order valence-electron chi connectivity index (χ4n) is 9.57. The molecule has 4 aromatic rings. The molecule has 18 heteroatoms. The van der Waals surface area contributed by atoms with E-state index in [0.717, 1.165) is 78.1 Å². The van der Waals surface area contributed by atoms with Crippen LogP contribution in [0.3, 0.4) is 0 Å². The molecule has 1 atom stereocenters. The van der Waals surface area contributed by atoms with Crippen LogP contribution >= 0.6 is 18.7 Å². The SMILES string of the molecule is COc1cc(N2CCC(N3CCN(C(=O)COCCOCCNc4cccc5c4CN(C4CCC(=O)NC4=O)C5=O)CC3)CC2)ccc1Cc1ncc(Cl)c(Cc2ccccc2P(C)(C)=O)n1. The highest BCUT2D eigenvalue weighted by Crippen LogP contribution is 2.37. The number of carbonyl (C=O) groups excluding carboxylic acids is 4. The lowest BCUT2D eigenvalue weighted by Gasteiger charge is -2.43. The van der Waals surface area contributed by atoms with E-state index in [1.165, 1.54) is 4.90 Å². The van der Waals surface area contributed by atoms with Crippen molar-refractivity contribution in [2.45, 2.75) is 57.2 Å². The van der Waals surface area contributed by atoms with E-state index in [2.05, 4.69) is 43.6 Å². The van der Waals surface area contributed by atoms with E-state index >= 15 is 0 Å². The minimum Gasteiger partial charge on any atom is -0.496 e. The van der Waals surface area contributed by atoms with Crippen molar-refractivity contribution in [1.29, 1.82) is 0 Å². The number of nitrogens with zero attached hydrogens (tertiary/aromatic N) is 6. The van der Waals surface area contributed by atoms with Crippen molar-refractivity contribution < 1.29 is 38.0 Å². The second-order valence-corrected chi connectivity index (χ2v) is 21.5. The Labute approximate surface area is 397 Å². The highest BCUT2D eigenvalue weighted by molar-refractivity contribution is 7.70. The lowest BCUT2D eigenvalue weighted by molar-refractivity contribution is -0.139. The molecule has 8 rings (SSSR count). The van der Waals surface area contributed by atoms with Crippen LogP contribution in [0.25, 0.3) is 0 Å². The van der Waals surface area contributed by atoms with Crippen LogP contribution in [0.5, 0.6) is 5.75 Å². The van der Waals surface area contributed by atoms with Crippen molar-refractivity contribution in [3.05, 3.63) is 106 Å². The molecule has 5 heterocycles. The van der Waals surface area contributed by atoms with E-state index in [-0.39, 0.29) is 30.7 Å². The van der Waals surface area contributed by atoms with Crippen LogP contribution in [0.1, 0.15) is 64.2 Å². The molecule has 0 radical (unpaired) electrons. The van der Waals surface area contributed by atoms with Crippen molar-refractivity contribution >= 4 is 59.1 Å². The number of halogens is 1. The fourth-order valence-corrected chi connectivity index (χ4v) is 11.0. The summed E-state index contributed by atoms with van der Waals surface area (Å²) in [5.74, 6) is 0.454. The molecule has 0 aliphatic carbocycles. The Morgan fingerprint density at radius 2 is 1.67 bits per heavy atom. The van der Waals surface area contributed by atoms with E-state index in [1.54, 1.807) is 32.7 Å². The Morgan fingerprint density at radius 3 is 2.43 bits per heavy atom. The molecular formula is C49H60ClN8O8P. The van der Waals surface area contributed by atoms with Gasteiger partial charge in [-0.15, -0.1) is 0 Å². The summed E-state index contributed by atoms with van der Waals surface area (Å²) in [7, 11) is -0.795. The molecule has 3 fully saturated rings. The van der Waals surface area contributed by atoms with Gasteiger partial charge in [0.25, 0.3) is 5.91 Å². The molecule has 2 N–H and O–H groups in total. The van der Waals surface area contributed by atoms with Crippen LogP contribution in [0.4, 0.5) is 11.4 Å². The van der Waals surface area contributed by atoms with Crippen molar-refractivity contribution in [1.82, 2.24) is 30.0 Å². The lowest BCUT2D eigenvalue weighted by atomic mass is 10.0. The smallest absolute Gasteiger partial charge is 0.255 e. The van der Waals surface area contributed by atoms with Gasteiger partial charge in [0.05, 0.1) is 37.6 Å². The predicted molar refractivity (Wildman–Crippen MR) is 257 cm³/mol. The fraction of sp³-hybridized carbons (Fsp3) is 0.469. The molecule has 4 amide bonds. The minimum atomic E-state index is -2.48. The summed E-state index contributed by atoms with van der Waals surface area (Å²) in [4.78, 5) is 67.8. The Kier molecular flexibility index (Phi) is 15.6. The van der Waals surface area contributed by atoms with E-state index in [4.69, 9.17) is 30.8 Å². The number of methoxy groups -OCH3 is 1. The van der Waals surface area contributed by atoms with Gasteiger partial charge in [-0.05, 0) is 56.4 Å². The Hall–Kier alpha value is -5.38. The van der Waals surface area contributed by atoms with Gasteiger partial charge in [-0.1, -0.05) is 48.0 Å². The molecule has 0 saturated carbocycles. The lowest BCUT2D eigenvalue weighted by Crippen LogP contribution is -2.54. The number of carbonyl (C=O) groups is 4. The molecule has 3 saturated heterocycles. The number of anilines is 2. The summed E-state index contributed by atoms with van der Waals surface area (Å²) in [6.07, 6.45) is 5.18. The number of imide groups is 1. The van der Waals surface area contributed by atoms with Gasteiger partial charge in [-0.3, -0.25) is 29.4 Å². The van der Waals surface area contributed by atoms with Crippen molar-refractivity contribution in [3.8, 4) is 5.75 Å². The van der Waals surface area contributed by atoms with Gasteiger partial charge in [0.1, 0.15) is 31.4 Å². The standard InChI is InChI=1S/C49H60ClN8O8P/c1-64-43-29-36(12-11-33(43)28-45-52-30-39(50)41(53-45)27-34-7-4-5-10-44(34)67(2,3)63)55-18-15-35(16-19-55)56-20-22-57(23-21-56)47(60)32-66-26-25-65-24-17-51-40-9-6-8-37-38(40)31-58(49(37)62)42-13-14-46(59)54-48(42)61/h4-12,29-30,35,42,51H,13-28,31-32H2,1-3H3,(H,54,59,61). The highest BCUT2D eigenvalue weighted by Gasteiger charge is 2.40. The van der Waals surface area contributed by atoms with Gasteiger partial charge in [-0.25, -0.2) is 9.97 Å². The molecular weight excluding hydrogens is 895 g/mol. The molecule has 67 heavy (non-hydrogen) atoms. The van der Waals surface area contributed by atoms with Gasteiger partial charge in [0.2, 0.25) is 17.7 Å². The molecule has 1 aromatic heterocycles. The number of amides is 4. The number of hydrogen-bond donors (Lipinski definition) is 2. The van der Waals surface area contributed by atoms with E-state index in [9.17, 15) is 23.7 Å². The van der Waals surface area contributed by atoms with Crippen LogP contribution in [-0.4, -0.2) is 153 Å². The second kappa shape index (κ2) is 21.7. The number of piperazine rings is 1. The Bertz CT molecular complexity index is 2510. The molecule has 4 aliphatic heterocycles. The number of piperidine rings is 2. The number of benzene rings is 3. The van der Waals surface area contributed by atoms with Crippen LogP contribution in [0.15, 0.2) is 66.9 Å². The van der Waals surface area contributed by atoms with E-state index < -0.39 is 19.1 Å². The molecule has 1 unspecified atom stereocenters. The van der Waals surface area contributed by atoms with Crippen LogP contribution in [0, 0.1) is 0 Å². The van der Waals surface area contributed by atoms with E-state index in [1.807, 2.05) is 41.3 Å². The molecule has 4 aliphatic rings. The maximum absolute atomic E-state index is 13.1. The molecule has 356 valence electrons. The Balaban J connectivity index is 0.717. The van der Waals surface area contributed by atoms with Crippen LogP contribution < -0.4 is 25.6 Å². The largest absolute Gasteiger partial charge is 0.496 e. The number of nitrogens with one attached hydrogen (secondary N) is 2. The molecule has 0 spiro atoms. The second-order valence-electron chi connectivity index (χ2n) is 17.9. The summed E-state index contributed by atoms with van der Waals surface area (Å²) in [6.45, 7) is 10.3. The predicted octanol–water partition coefficient (Wildman–Crippen LogP) is 4.59. The molecule has 3 aromatic carbocycles. The summed E-state index contributed by atoms with van der Waals surface area (Å²) >= 11 is 6.57. The maximum Gasteiger partial charge on any atom is 0.255 e. The zero-order valence-electron chi connectivity index (χ0n) is 38.5. The number of rotatable bonds is 18. The third kappa shape index (κ3) is 11.7. The van der Waals surface area contributed by atoms with Gasteiger partial charge < -0.3 is 38.8 Å². The Morgan fingerprint density at radius 1 is 0.896 bits per heavy atom. The third-order valence-electron chi connectivity index (χ3n) is 13.2. The number of ether oxygens (including phenoxy) is 3. The quantitative estimate of drug-likeness (QED) is 0.0806. The summed E-state index contributed by atoms with van der Waals surface area (Å²) in [5, 5.41) is 6.99. The average Bonchev–Trinajstić information content (AvgIpc) is 3.66.